The summed E-state index contributed by atoms with van der Waals surface area (Å²) in [5, 5.41) is 35.5. The van der Waals surface area contributed by atoms with E-state index in [2.05, 4.69) is 34.4 Å². The number of ether oxygens (including phenoxy) is 1. The maximum absolute atomic E-state index is 12.7. The number of hydrogen-bond acceptors (Lipinski definition) is 19. The van der Waals surface area contributed by atoms with Crippen molar-refractivity contribution < 1.29 is 85.6 Å². The molecular formula is C27H46N7O18P3S. The van der Waals surface area contributed by atoms with Crippen molar-refractivity contribution in [3.8, 4) is 0 Å². The molecule has 8 unspecified atom stereocenters. The number of nitrogens with two attached hydrogens (primary N) is 1. The number of imidazole rings is 1. The van der Waals surface area contributed by atoms with E-state index in [0.29, 0.717) is 25.0 Å². The molecule has 2 aromatic heterocycles. The fourth-order valence-corrected chi connectivity index (χ4v) is 8.46. The van der Waals surface area contributed by atoms with Crippen molar-refractivity contribution in [1.29, 1.82) is 0 Å². The fraction of sp³-hybridized carbons (Fsp3) is 0.704. The first-order valence-corrected chi connectivity index (χ1v) is 22.1. The molecule has 0 aromatic carbocycles. The van der Waals surface area contributed by atoms with Crippen LogP contribution in [0.1, 0.15) is 52.7 Å². The van der Waals surface area contributed by atoms with Crippen molar-refractivity contribution in [3.05, 3.63) is 12.7 Å². The number of carbonyl (C=O) groups excluding carboxylic acids is 3. The minimum Gasteiger partial charge on any atom is -0.393 e. The lowest BCUT2D eigenvalue weighted by molar-refractivity contribution is -0.137. The molecule has 3 heterocycles. The maximum Gasteiger partial charge on any atom is 0.481 e. The summed E-state index contributed by atoms with van der Waals surface area (Å²) >= 11 is 1.04. The molecule has 318 valence electrons. The Kier molecular flexibility index (Phi) is 17.5. The van der Waals surface area contributed by atoms with Gasteiger partial charge in [-0.3, -0.25) is 32.5 Å². The van der Waals surface area contributed by atoms with Crippen LogP contribution in [0.15, 0.2) is 12.7 Å². The summed E-state index contributed by atoms with van der Waals surface area (Å²) in [5.41, 5.74) is 4.24. The van der Waals surface area contributed by atoms with E-state index in [1.807, 2.05) is 0 Å². The summed E-state index contributed by atoms with van der Waals surface area (Å²) in [7, 11) is -16.4. The number of nitrogen functional groups attached to an aromatic ring is 1. The SMILES string of the molecule is CC(O)CCCC(=O)SCCNC(=O)CCNC(=O)C(O)C(C)(C)COP(=O)(O)OP(=O)(O)OCC1OC(n2cnc3c(N)ncnc32)C(O)C1OP(=O)(O)O. The third kappa shape index (κ3) is 15.0. The Balaban J connectivity index is 1.47. The van der Waals surface area contributed by atoms with Gasteiger partial charge in [-0.25, -0.2) is 28.6 Å². The summed E-state index contributed by atoms with van der Waals surface area (Å²) in [6, 6.07) is 0. The lowest BCUT2D eigenvalue weighted by Crippen LogP contribution is -2.46. The van der Waals surface area contributed by atoms with Crippen molar-refractivity contribution in [2.75, 3.05) is 37.8 Å². The van der Waals surface area contributed by atoms with E-state index < -0.39 is 90.7 Å². The highest BCUT2D eigenvalue weighted by Gasteiger charge is 2.50. The average molecular weight is 882 g/mol. The van der Waals surface area contributed by atoms with Crippen LogP contribution in [0.5, 0.6) is 0 Å². The Morgan fingerprint density at radius 2 is 1.71 bits per heavy atom. The van der Waals surface area contributed by atoms with Crippen LogP contribution in [0.2, 0.25) is 0 Å². The molecule has 2 aromatic rings. The summed E-state index contributed by atoms with van der Waals surface area (Å²) in [6.07, 6.45) is -6.10. The van der Waals surface area contributed by atoms with Gasteiger partial charge in [0.2, 0.25) is 11.8 Å². The number of nitrogens with zero attached hydrogens (tertiary/aromatic N) is 4. The number of phosphoric ester groups is 3. The summed E-state index contributed by atoms with van der Waals surface area (Å²) in [6.45, 7) is 2.06. The van der Waals surface area contributed by atoms with Crippen LogP contribution >= 0.6 is 35.2 Å². The van der Waals surface area contributed by atoms with Gasteiger partial charge in [0.25, 0.3) is 0 Å². The van der Waals surface area contributed by atoms with Gasteiger partial charge in [-0.2, -0.15) is 4.31 Å². The van der Waals surface area contributed by atoms with Crippen LogP contribution in [-0.4, -0.2) is 134 Å². The van der Waals surface area contributed by atoms with Gasteiger partial charge in [0.05, 0.1) is 25.6 Å². The Labute approximate surface area is 323 Å². The van der Waals surface area contributed by atoms with Crippen molar-refractivity contribution in [2.45, 2.75) is 83.2 Å². The number of rotatable bonds is 23. The number of aliphatic hydroxyl groups excluding tert-OH is 3. The smallest absolute Gasteiger partial charge is 0.393 e. The maximum atomic E-state index is 12.7. The van der Waals surface area contributed by atoms with Crippen molar-refractivity contribution >= 4 is 69.1 Å². The molecule has 2 amide bonds. The second kappa shape index (κ2) is 20.5. The minimum absolute atomic E-state index is 0.0271. The number of fused-ring (bicyclic) bond motifs is 1. The van der Waals surface area contributed by atoms with Gasteiger partial charge in [-0.15, -0.1) is 0 Å². The highest BCUT2D eigenvalue weighted by atomic mass is 32.2. The Bertz CT molecular complexity index is 1810. The predicted molar refractivity (Wildman–Crippen MR) is 193 cm³/mol. The molecule has 1 aliphatic heterocycles. The standard InChI is InChI=1S/C27H46N7O18P3S/c1-15(35)5-4-6-18(37)56-10-9-29-17(36)7-8-30-25(40)22(39)27(2,3)12-49-55(46,47)52-54(44,45)48-11-16-21(51-53(41,42)43)20(38)26(50-16)34-14-33-19-23(28)31-13-32-24(19)34/h13-16,20-22,26,35,38-39H,4-12H2,1-3H3,(H,29,36)(H,30,40)(H,44,45)(H,46,47)(H2,28,31,32)(H2,41,42,43). The lowest BCUT2D eigenvalue weighted by atomic mass is 9.87. The van der Waals surface area contributed by atoms with Crippen LogP contribution in [0.25, 0.3) is 11.2 Å². The Hall–Kier alpha value is -2.48. The Morgan fingerprint density at radius 1 is 1.04 bits per heavy atom. The largest absolute Gasteiger partial charge is 0.481 e. The predicted octanol–water partition coefficient (Wildman–Crippen LogP) is -0.784. The number of anilines is 1. The number of carbonyl (C=O) groups is 3. The molecular weight excluding hydrogens is 835 g/mol. The number of aromatic nitrogens is 4. The fourth-order valence-electron chi connectivity index (χ4n) is 4.91. The van der Waals surface area contributed by atoms with Gasteiger partial charge in [-0.05, 0) is 19.8 Å². The molecule has 1 fully saturated rings. The van der Waals surface area contributed by atoms with E-state index in [9.17, 15) is 63.0 Å². The molecule has 11 N–H and O–H groups in total. The highest BCUT2D eigenvalue weighted by Crippen LogP contribution is 2.61. The van der Waals surface area contributed by atoms with E-state index in [0.717, 1.165) is 29.0 Å². The molecule has 1 aliphatic rings. The van der Waals surface area contributed by atoms with Crippen LogP contribution < -0.4 is 16.4 Å². The molecule has 8 atom stereocenters. The Morgan fingerprint density at radius 3 is 2.38 bits per heavy atom. The second-order valence-corrected chi connectivity index (χ2v) is 18.4. The van der Waals surface area contributed by atoms with Gasteiger partial charge in [0.1, 0.15) is 36.3 Å². The number of amides is 2. The van der Waals surface area contributed by atoms with Gasteiger partial charge < -0.3 is 56.0 Å². The molecule has 56 heavy (non-hydrogen) atoms. The third-order valence-electron chi connectivity index (χ3n) is 7.77. The van der Waals surface area contributed by atoms with Crippen LogP contribution in [-0.2, 0) is 50.7 Å². The number of hydrogen-bond donors (Lipinski definition) is 10. The highest BCUT2D eigenvalue weighted by molar-refractivity contribution is 8.13. The van der Waals surface area contributed by atoms with Gasteiger partial charge in [-0.1, -0.05) is 25.6 Å². The average Bonchev–Trinajstić information content (AvgIpc) is 3.64. The third-order valence-corrected chi connectivity index (χ3v) is 11.8. The first-order valence-electron chi connectivity index (χ1n) is 16.6. The zero-order valence-corrected chi connectivity index (χ0v) is 33.7. The molecule has 0 radical (unpaired) electrons. The van der Waals surface area contributed by atoms with Crippen LogP contribution in [0, 0.1) is 5.41 Å². The normalized spacial score (nSPS) is 22.2. The first kappa shape index (κ1) is 47.9. The van der Waals surface area contributed by atoms with Crippen LogP contribution in [0.4, 0.5) is 5.82 Å². The minimum atomic E-state index is -5.57. The van der Waals surface area contributed by atoms with E-state index in [1.165, 1.54) is 13.8 Å². The number of thioether (sulfide) groups is 1. The van der Waals surface area contributed by atoms with E-state index in [4.69, 9.17) is 19.5 Å². The second-order valence-electron chi connectivity index (χ2n) is 13.0. The molecule has 29 heteroatoms. The van der Waals surface area contributed by atoms with Crippen molar-refractivity contribution in [3.63, 3.8) is 0 Å². The summed E-state index contributed by atoms with van der Waals surface area (Å²) < 4.78 is 62.0. The number of aliphatic hydroxyl groups is 3. The van der Waals surface area contributed by atoms with Crippen molar-refractivity contribution in [2.24, 2.45) is 5.41 Å². The van der Waals surface area contributed by atoms with Gasteiger partial charge in [0.15, 0.2) is 22.8 Å². The van der Waals surface area contributed by atoms with Gasteiger partial charge >= 0.3 is 23.5 Å². The summed E-state index contributed by atoms with van der Waals surface area (Å²) in [4.78, 5) is 87.3. The number of phosphoric acid groups is 3. The van der Waals surface area contributed by atoms with Crippen molar-refractivity contribution in [1.82, 2.24) is 30.2 Å². The molecule has 0 spiro atoms. The monoisotopic (exact) mass is 881 g/mol. The molecule has 0 saturated carbocycles. The zero-order chi connectivity index (χ0) is 42.1. The zero-order valence-electron chi connectivity index (χ0n) is 30.2. The van der Waals surface area contributed by atoms with E-state index in [-0.39, 0.29) is 41.6 Å². The molecule has 3 rings (SSSR count). The van der Waals surface area contributed by atoms with Gasteiger partial charge in [0, 0.05) is 37.1 Å². The van der Waals surface area contributed by atoms with Crippen LogP contribution in [0.3, 0.4) is 0 Å². The lowest BCUT2D eigenvalue weighted by Gasteiger charge is -2.30. The van der Waals surface area contributed by atoms with E-state index >= 15 is 0 Å². The molecule has 0 bridgehead atoms. The molecule has 0 aliphatic carbocycles. The molecule has 25 nitrogen and oxygen atoms in total. The quantitative estimate of drug-likeness (QED) is 0.0483. The summed E-state index contributed by atoms with van der Waals surface area (Å²) in [5.74, 6) is -1.16. The molecule has 1 saturated heterocycles. The van der Waals surface area contributed by atoms with E-state index in [1.54, 1.807) is 6.92 Å². The first-order chi connectivity index (χ1) is 25.9. The topological polar surface area (TPSA) is 384 Å². The number of nitrogens with one attached hydrogen (secondary N) is 2.